The Hall–Kier alpha value is -0.610. The van der Waals surface area contributed by atoms with Crippen LogP contribution in [0.15, 0.2) is 0 Å². The molecule has 2 fully saturated rings. The van der Waals surface area contributed by atoms with Crippen LogP contribution in [0.2, 0.25) is 0 Å². The molecule has 0 aromatic carbocycles. The molecule has 2 atom stereocenters. The summed E-state index contributed by atoms with van der Waals surface area (Å²) in [5, 5.41) is 10.2. The van der Waals surface area contributed by atoms with Crippen molar-refractivity contribution in [1.82, 2.24) is 9.80 Å². The van der Waals surface area contributed by atoms with Crippen molar-refractivity contribution in [3.63, 3.8) is 0 Å². The van der Waals surface area contributed by atoms with E-state index >= 15 is 0 Å². The summed E-state index contributed by atoms with van der Waals surface area (Å²) in [5.74, 6) is 0.882. The second-order valence-electron chi connectivity index (χ2n) is 5.97. The van der Waals surface area contributed by atoms with E-state index < -0.39 is 0 Å². The van der Waals surface area contributed by atoms with Gasteiger partial charge in [0.05, 0.1) is 12.1 Å². The zero-order chi connectivity index (χ0) is 13.1. The second kappa shape index (κ2) is 6.02. The van der Waals surface area contributed by atoms with Gasteiger partial charge in [0, 0.05) is 26.7 Å². The molecule has 1 amide bonds. The van der Waals surface area contributed by atoms with Gasteiger partial charge in [0.1, 0.15) is 0 Å². The average molecular weight is 254 g/mol. The van der Waals surface area contributed by atoms with E-state index in [0.29, 0.717) is 12.5 Å². The first-order valence-corrected chi connectivity index (χ1v) is 7.25. The molecule has 1 aliphatic carbocycles. The Kier molecular flexibility index (Phi) is 4.62. The largest absolute Gasteiger partial charge is 0.392 e. The number of likely N-dealkylation sites (N-methyl/N-ethyl adjacent to an activating group) is 1. The number of β-amino-alcohol motifs (C(OH)–C–C–N with tert-alkyl or cyclic N) is 1. The Balaban J connectivity index is 1.79. The van der Waals surface area contributed by atoms with E-state index in [1.165, 1.54) is 25.7 Å². The molecular weight excluding hydrogens is 228 g/mol. The van der Waals surface area contributed by atoms with E-state index in [1.807, 2.05) is 14.0 Å². The summed E-state index contributed by atoms with van der Waals surface area (Å²) >= 11 is 0. The first kappa shape index (κ1) is 13.8. The highest BCUT2D eigenvalue weighted by atomic mass is 16.3. The Morgan fingerprint density at radius 3 is 2.67 bits per heavy atom. The van der Waals surface area contributed by atoms with Gasteiger partial charge in [0.15, 0.2) is 0 Å². The molecule has 0 spiro atoms. The number of carbonyl (C=O) groups excluding carboxylic acids is 1. The minimum Gasteiger partial charge on any atom is -0.392 e. The van der Waals surface area contributed by atoms with Crippen molar-refractivity contribution in [3.05, 3.63) is 0 Å². The van der Waals surface area contributed by atoms with Crippen LogP contribution in [-0.4, -0.2) is 59.6 Å². The highest BCUT2D eigenvalue weighted by Crippen LogP contribution is 2.28. The van der Waals surface area contributed by atoms with Crippen LogP contribution >= 0.6 is 0 Å². The lowest BCUT2D eigenvalue weighted by molar-refractivity contribution is -0.140. The van der Waals surface area contributed by atoms with Gasteiger partial charge in [-0.2, -0.15) is 0 Å². The summed E-state index contributed by atoms with van der Waals surface area (Å²) in [4.78, 5) is 15.8. The predicted molar refractivity (Wildman–Crippen MR) is 71.3 cm³/mol. The van der Waals surface area contributed by atoms with Crippen LogP contribution in [0.3, 0.4) is 0 Å². The average Bonchev–Trinajstić information content (AvgIpc) is 2.83. The first-order chi connectivity index (χ1) is 8.58. The Morgan fingerprint density at radius 2 is 2.00 bits per heavy atom. The molecule has 0 radical (unpaired) electrons. The minimum atomic E-state index is -0.272. The van der Waals surface area contributed by atoms with Crippen molar-refractivity contribution in [2.24, 2.45) is 5.92 Å². The fourth-order valence-corrected chi connectivity index (χ4v) is 3.28. The van der Waals surface area contributed by atoms with Crippen molar-refractivity contribution in [2.45, 2.75) is 51.2 Å². The highest BCUT2D eigenvalue weighted by Gasteiger charge is 2.31. The minimum absolute atomic E-state index is 0.0815. The molecule has 1 saturated carbocycles. The lowest BCUT2D eigenvalue weighted by Crippen LogP contribution is -2.56. The maximum Gasteiger partial charge on any atom is 0.239 e. The third-order valence-corrected chi connectivity index (χ3v) is 4.53. The van der Waals surface area contributed by atoms with E-state index in [0.717, 1.165) is 19.5 Å². The van der Waals surface area contributed by atoms with Crippen LogP contribution in [0.4, 0.5) is 0 Å². The van der Waals surface area contributed by atoms with Gasteiger partial charge in [0.2, 0.25) is 5.91 Å². The summed E-state index contributed by atoms with van der Waals surface area (Å²) in [6.07, 6.45) is 5.82. The van der Waals surface area contributed by atoms with E-state index in [9.17, 15) is 9.90 Å². The molecule has 0 unspecified atom stereocenters. The van der Waals surface area contributed by atoms with Gasteiger partial charge in [-0.05, 0) is 19.3 Å². The first-order valence-electron chi connectivity index (χ1n) is 7.25. The molecule has 1 saturated heterocycles. The molecule has 1 heterocycles. The highest BCUT2D eigenvalue weighted by molar-refractivity contribution is 5.81. The molecule has 1 aliphatic heterocycles. The third kappa shape index (κ3) is 3.23. The van der Waals surface area contributed by atoms with Crippen molar-refractivity contribution in [1.29, 1.82) is 0 Å². The van der Waals surface area contributed by atoms with Gasteiger partial charge in [-0.3, -0.25) is 9.69 Å². The van der Waals surface area contributed by atoms with Gasteiger partial charge in [-0.1, -0.05) is 25.7 Å². The number of nitrogens with zero attached hydrogens (tertiary/aromatic N) is 2. The standard InChI is InChI=1S/C14H26N2O2/c1-11-14(18)15(2)7-8-16(11)10-13(17)9-12-5-3-4-6-12/h11-13,17H,3-10H2,1-2H3/t11-,13-/m1/s1. The molecule has 0 aromatic heterocycles. The SMILES string of the molecule is C[C@@H]1C(=O)N(C)CCN1C[C@H](O)CC1CCCC1. The monoisotopic (exact) mass is 254 g/mol. The van der Waals surface area contributed by atoms with Crippen molar-refractivity contribution < 1.29 is 9.90 Å². The van der Waals surface area contributed by atoms with Crippen molar-refractivity contribution >= 4 is 5.91 Å². The fraction of sp³-hybridized carbons (Fsp3) is 0.929. The van der Waals surface area contributed by atoms with Gasteiger partial charge in [-0.25, -0.2) is 0 Å². The number of rotatable bonds is 4. The number of piperazine rings is 1. The van der Waals surface area contributed by atoms with E-state index in [-0.39, 0.29) is 18.1 Å². The number of carbonyl (C=O) groups is 1. The predicted octanol–water partition coefficient (Wildman–Crippen LogP) is 1.09. The maximum absolute atomic E-state index is 11.9. The second-order valence-corrected chi connectivity index (χ2v) is 5.97. The molecule has 0 aromatic rings. The maximum atomic E-state index is 11.9. The number of hydrogen-bond acceptors (Lipinski definition) is 3. The molecular formula is C14H26N2O2. The van der Waals surface area contributed by atoms with E-state index in [4.69, 9.17) is 0 Å². The molecule has 0 bridgehead atoms. The van der Waals surface area contributed by atoms with Crippen molar-refractivity contribution in [2.75, 3.05) is 26.7 Å². The Labute approximate surface area is 110 Å². The van der Waals surface area contributed by atoms with Gasteiger partial charge < -0.3 is 10.0 Å². The Morgan fingerprint density at radius 1 is 1.33 bits per heavy atom. The summed E-state index contributed by atoms with van der Waals surface area (Å²) in [6.45, 7) is 4.25. The van der Waals surface area contributed by atoms with Gasteiger partial charge >= 0.3 is 0 Å². The molecule has 18 heavy (non-hydrogen) atoms. The lowest BCUT2D eigenvalue weighted by Gasteiger charge is -2.38. The number of hydrogen-bond donors (Lipinski definition) is 1. The number of aliphatic hydroxyl groups excluding tert-OH is 1. The zero-order valence-corrected chi connectivity index (χ0v) is 11.6. The summed E-state index contributed by atoms with van der Waals surface area (Å²) in [7, 11) is 1.85. The normalized spacial score (nSPS) is 28.9. The molecule has 1 N–H and O–H groups in total. The Bertz CT molecular complexity index is 290. The number of aliphatic hydroxyl groups is 1. The zero-order valence-electron chi connectivity index (χ0n) is 11.6. The molecule has 4 nitrogen and oxygen atoms in total. The molecule has 4 heteroatoms. The molecule has 2 rings (SSSR count). The van der Waals surface area contributed by atoms with Crippen LogP contribution in [0.1, 0.15) is 39.0 Å². The fourth-order valence-electron chi connectivity index (χ4n) is 3.28. The van der Waals surface area contributed by atoms with Crippen LogP contribution in [0.5, 0.6) is 0 Å². The van der Waals surface area contributed by atoms with E-state index in [2.05, 4.69) is 4.90 Å². The third-order valence-electron chi connectivity index (χ3n) is 4.53. The number of amides is 1. The van der Waals surface area contributed by atoms with Crippen LogP contribution < -0.4 is 0 Å². The van der Waals surface area contributed by atoms with Gasteiger partial charge in [0.25, 0.3) is 0 Å². The molecule has 104 valence electrons. The van der Waals surface area contributed by atoms with Crippen LogP contribution in [0, 0.1) is 5.92 Å². The lowest BCUT2D eigenvalue weighted by atomic mass is 9.99. The quantitative estimate of drug-likeness (QED) is 0.817. The summed E-state index contributed by atoms with van der Waals surface area (Å²) in [5.41, 5.74) is 0. The van der Waals surface area contributed by atoms with Crippen LogP contribution in [0.25, 0.3) is 0 Å². The van der Waals surface area contributed by atoms with Crippen molar-refractivity contribution in [3.8, 4) is 0 Å². The van der Waals surface area contributed by atoms with E-state index in [1.54, 1.807) is 4.90 Å². The van der Waals surface area contributed by atoms with Gasteiger partial charge in [-0.15, -0.1) is 0 Å². The summed E-state index contributed by atoms with van der Waals surface area (Å²) < 4.78 is 0. The topological polar surface area (TPSA) is 43.8 Å². The van der Waals surface area contributed by atoms with Crippen LogP contribution in [-0.2, 0) is 4.79 Å². The smallest absolute Gasteiger partial charge is 0.239 e. The summed E-state index contributed by atoms with van der Waals surface area (Å²) in [6, 6.07) is -0.0815. The molecule has 2 aliphatic rings.